The zero-order valence-corrected chi connectivity index (χ0v) is 21.0. The summed E-state index contributed by atoms with van der Waals surface area (Å²) in [5, 5.41) is 8.64. The van der Waals surface area contributed by atoms with Gasteiger partial charge in [0.05, 0.1) is 23.2 Å². The summed E-state index contributed by atoms with van der Waals surface area (Å²) in [6, 6.07) is 9.98. The van der Waals surface area contributed by atoms with Gasteiger partial charge >= 0.3 is 6.03 Å². The molecule has 4 rings (SSSR count). The number of nitrogens with zero attached hydrogens (tertiary/aromatic N) is 2. The SMILES string of the molecule is COCCN(Cc1nc(C(=O)NCc2ccc3c(c2)OCO3)cs1)C(=O)Nc1ccc(Cl)c(Cl)c1. The molecule has 2 N–H and O–H groups in total. The van der Waals surface area contributed by atoms with Crippen molar-refractivity contribution in [1.82, 2.24) is 15.2 Å². The highest BCUT2D eigenvalue weighted by atomic mass is 35.5. The van der Waals surface area contributed by atoms with Crippen molar-refractivity contribution < 1.29 is 23.8 Å². The van der Waals surface area contributed by atoms with Crippen molar-refractivity contribution in [3.63, 3.8) is 0 Å². The number of hydrogen-bond acceptors (Lipinski definition) is 7. The quantitative estimate of drug-likeness (QED) is 0.407. The fraction of sp³-hybridized carbons (Fsp3) is 0.261. The largest absolute Gasteiger partial charge is 0.454 e. The third kappa shape index (κ3) is 6.55. The number of anilines is 1. The first kappa shape index (κ1) is 25.1. The Bertz CT molecular complexity index is 1220. The van der Waals surface area contributed by atoms with E-state index in [0.717, 1.165) is 5.56 Å². The lowest BCUT2D eigenvalue weighted by Crippen LogP contribution is -2.36. The number of rotatable bonds is 9. The van der Waals surface area contributed by atoms with E-state index in [1.165, 1.54) is 11.3 Å². The zero-order valence-electron chi connectivity index (χ0n) is 18.7. The minimum absolute atomic E-state index is 0.194. The van der Waals surface area contributed by atoms with Gasteiger partial charge in [-0.25, -0.2) is 9.78 Å². The van der Waals surface area contributed by atoms with Crippen LogP contribution in [0.25, 0.3) is 0 Å². The summed E-state index contributed by atoms with van der Waals surface area (Å²) in [6.45, 7) is 1.38. The number of aromatic nitrogens is 1. The van der Waals surface area contributed by atoms with Gasteiger partial charge in [-0.1, -0.05) is 29.3 Å². The molecule has 184 valence electrons. The Hall–Kier alpha value is -3.05. The molecule has 0 fully saturated rings. The van der Waals surface area contributed by atoms with Gasteiger partial charge in [-0.05, 0) is 35.9 Å². The topological polar surface area (TPSA) is 102 Å². The van der Waals surface area contributed by atoms with E-state index in [9.17, 15) is 9.59 Å². The normalized spacial score (nSPS) is 11.9. The third-order valence-corrected chi connectivity index (χ3v) is 6.60. The number of carbonyl (C=O) groups is 2. The first-order valence-electron chi connectivity index (χ1n) is 10.5. The Balaban J connectivity index is 1.36. The summed E-state index contributed by atoms with van der Waals surface area (Å²) >= 11 is 13.3. The lowest BCUT2D eigenvalue weighted by Gasteiger charge is -2.22. The van der Waals surface area contributed by atoms with E-state index < -0.39 is 0 Å². The molecule has 0 spiro atoms. The summed E-state index contributed by atoms with van der Waals surface area (Å²) < 4.78 is 15.8. The number of halogens is 2. The number of ether oxygens (including phenoxy) is 3. The van der Waals surface area contributed by atoms with Gasteiger partial charge in [0.2, 0.25) is 6.79 Å². The molecule has 0 saturated carbocycles. The number of amides is 3. The summed E-state index contributed by atoms with van der Waals surface area (Å²) in [4.78, 5) is 31.4. The van der Waals surface area contributed by atoms with E-state index in [1.54, 1.807) is 35.6 Å². The molecule has 2 aromatic carbocycles. The van der Waals surface area contributed by atoms with Crippen molar-refractivity contribution in [2.75, 3.05) is 32.4 Å². The molecule has 0 unspecified atom stereocenters. The molecule has 1 aliphatic heterocycles. The Morgan fingerprint density at radius 2 is 1.97 bits per heavy atom. The number of thiazole rings is 1. The molecule has 0 radical (unpaired) electrons. The highest BCUT2D eigenvalue weighted by Gasteiger charge is 2.19. The number of benzene rings is 2. The van der Waals surface area contributed by atoms with Crippen LogP contribution in [0.15, 0.2) is 41.8 Å². The maximum atomic E-state index is 12.9. The Morgan fingerprint density at radius 1 is 1.14 bits per heavy atom. The molecule has 0 bridgehead atoms. The van der Waals surface area contributed by atoms with Gasteiger partial charge in [0.1, 0.15) is 10.7 Å². The highest BCUT2D eigenvalue weighted by molar-refractivity contribution is 7.09. The summed E-state index contributed by atoms with van der Waals surface area (Å²) in [5.74, 6) is 1.03. The van der Waals surface area contributed by atoms with Crippen LogP contribution in [0.3, 0.4) is 0 Å². The van der Waals surface area contributed by atoms with Crippen LogP contribution in [0.5, 0.6) is 11.5 Å². The first-order chi connectivity index (χ1) is 16.9. The van der Waals surface area contributed by atoms with E-state index in [0.29, 0.717) is 51.9 Å². The van der Waals surface area contributed by atoms with E-state index in [2.05, 4.69) is 15.6 Å². The van der Waals surface area contributed by atoms with E-state index >= 15 is 0 Å². The van der Waals surface area contributed by atoms with Crippen molar-refractivity contribution in [2.24, 2.45) is 0 Å². The molecule has 1 aromatic heterocycles. The average Bonchev–Trinajstić information content (AvgIpc) is 3.51. The molecule has 3 amide bonds. The summed E-state index contributed by atoms with van der Waals surface area (Å²) in [5.41, 5.74) is 1.67. The van der Waals surface area contributed by atoms with Crippen LogP contribution in [0, 0.1) is 0 Å². The van der Waals surface area contributed by atoms with Crippen LogP contribution in [0.2, 0.25) is 10.0 Å². The maximum absolute atomic E-state index is 12.9. The van der Waals surface area contributed by atoms with E-state index in [1.807, 2.05) is 18.2 Å². The molecular weight excluding hydrogens is 515 g/mol. The number of carbonyl (C=O) groups excluding carboxylic acids is 2. The van der Waals surface area contributed by atoms with Gasteiger partial charge < -0.3 is 29.7 Å². The molecule has 12 heteroatoms. The lowest BCUT2D eigenvalue weighted by atomic mass is 10.2. The molecule has 1 aliphatic rings. The Kier molecular flexibility index (Phi) is 8.29. The van der Waals surface area contributed by atoms with Crippen LogP contribution >= 0.6 is 34.5 Å². The van der Waals surface area contributed by atoms with Crippen LogP contribution in [-0.2, 0) is 17.8 Å². The number of hydrogen-bond donors (Lipinski definition) is 2. The number of nitrogens with one attached hydrogen (secondary N) is 2. The van der Waals surface area contributed by atoms with Gasteiger partial charge in [-0.15, -0.1) is 11.3 Å². The number of urea groups is 1. The molecule has 9 nitrogen and oxygen atoms in total. The minimum atomic E-state index is -0.357. The second-order valence-corrected chi connectivity index (χ2v) is 9.23. The standard InChI is InChI=1S/C23H22Cl2N4O5S/c1-32-7-6-29(23(31)27-15-3-4-16(24)17(25)9-15)11-21-28-18(12-35-21)22(30)26-10-14-2-5-19-20(8-14)34-13-33-19/h2-5,8-9,12H,6-7,10-11,13H2,1H3,(H,26,30)(H,27,31). The number of methoxy groups -OCH3 is 1. The third-order valence-electron chi connectivity index (χ3n) is 5.02. The second kappa shape index (κ2) is 11.6. The van der Waals surface area contributed by atoms with Crippen molar-refractivity contribution in [3.05, 3.63) is 68.1 Å². The summed E-state index contributed by atoms with van der Waals surface area (Å²) in [7, 11) is 1.56. The zero-order chi connectivity index (χ0) is 24.8. The molecule has 0 atom stereocenters. The Labute approximate surface area is 215 Å². The second-order valence-electron chi connectivity index (χ2n) is 7.47. The van der Waals surface area contributed by atoms with Crippen molar-refractivity contribution in [3.8, 4) is 11.5 Å². The van der Waals surface area contributed by atoms with Gasteiger partial charge in [0.25, 0.3) is 5.91 Å². The average molecular weight is 537 g/mol. The van der Waals surface area contributed by atoms with Gasteiger partial charge in [0, 0.05) is 31.3 Å². The fourth-order valence-corrected chi connectivity index (χ4v) is 4.29. The van der Waals surface area contributed by atoms with Crippen molar-refractivity contribution >= 4 is 52.2 Å². The van der Waals surface area contributed by atoms with E-state index in [-0.39, 0.29) is 31.0 Å². The molecule has 2 heterocycles. The molecule has 0 saturated heterocycles. The smallest absolute Gasteiger partial charge is 0.322 e. The van der Waals surface area contributed by atoms with Crippen molar-refractivity contribution in [2.45, 2.75) is 13.1 Å². The van der Waals surface area contributed by atoms with Crippen LogP contribution < -0.4 is 20.1 Å². The maximum Gasteiger partial charge on any atom is 0.322 e. The van der Waals surface area contributed by atoms with Crippen LogP contribution in [-0.4, -0.2) is 48.9 Å². The van der Waals surface area contributed by atoms with E-state index in [4.69, 9.17) is 37.4 Å². The monoisotopic (exact) mass is 536 g/mol. The molecule has 3 aromatic rings. The first-order valence-corrected chi connectivity index (χ1v) is 12.2. The van der Waals surface area contributed by atoms with Gasteiger partial charge in [-0.3, -0.25) is 4.79 Å². The molecular formula is C23H22Cl2N4O5S. The predicted octanol–water partition coefficient (Wildman–Crippen LogP) is 4.79. The van der Waals surface area contributed by atoms with Crippen molar-refractivity contribution in [1.29, 1.82) is 0 Å². The molecule has 0 aliphatic carbocycles. The van der Waals surface area contributed by atoms with Gasteiger partial charge in [-0.2, -0.15) is 0 Å². The Morgan fingerprint density at radius 3 is 2.77 bits per heavy atom. The summed E-state index contributed by atoms with van der Waals surface area (Å²) in [6.07, 6.45) is 0. The fourth-order valence-electron chi connectivity index (χ4n) is 3.21. The highest BCUT2D eigenvalue weighted by Crippen LogP contribution is 2.32. The lowest BCUT2D eigenvalue weighted by molar-refractivity contribution is 0.0946. The van der Waals surface area contributed by atoms with Crippen LogP contribution in [0.4, 0.5) is 10.5 Å². The van der Waals surface area contributed by atoms with Gasteiger partial charge in [0.15, 0.2) is 11.5 Å². The number of fused-ring (bicyclic) bond motifs is 1. The minimum Gasteiger partial charge on any atom is -0.454 e. The predicted molar refractivity (Wildman–Crippen MR) is 134 cm³/mol. The molecule has 35 heavy (non-hydrogen) atoms. The van der Waals surface area contributed by atoms with Crippen LogP contribution in [0.1, 0.15) is 21.1 Å².